The molecule has 0 radical (unpaired) electrons. The van der Waals surface area contributed by atoms with E-state index in [-0.39, 0.29) is 12.5 Å². The number of halogens is 1. The Bertz CT molecular complexity index is 481. The summed E-state index contributed by atoms with van der Waals surface area (Å²) < 4.78 is 2.64. The Labute approximate surface area is 110 Å². The maximum absolute atomic E-state index is 11.8. The molecule has 0 atom stereocenters. The number of likely N-dealkylation sites (N-methyl/N-ethyl adjacent to an activating group) is 1. The maximum atomic E-state index is 11.8. The van der Waals surface area contributed by atoms with Gasteiger partial charge in [0.2, 0.25) is 5.91 Å². The molecule has 0 unspecified atom stereocenters. The highest BCUT2D eigenvalue weighted by molar-refractivity contribution is 14.1. The molecule has 0 fully saturated rings. The second kappa shape index (κ2) is 4.91. The Hall–Kier alpha value is -0.960. The summed E-state index contributed by atoms with van der Waals surface area (Å²) in [5, 5.41) is 6.61. The van der Waals surface area contributed by atoms with Gasteiger partial charge in [0.05, 0.1) is 9.77 Å². The van der Waals surface area contributed by atoms with E-state index in [1.54, 1.807) is 29.0 Å². The summed E-state index contributed by atoms with van der Waals surface area (Å²) >= 11 is 3.59. The van der Waals surface area contributed by atoms with Crippen molar-refractivity contribution in [1.29, 1.82) is 0 Å². The number of hydrogen-bond acceptors (Lipinski definition) is 4. The lowest BCUT2D eigenvalue weighted by Gasteiger charge is -2.13. The van der Waals surface area contributed by atoms with Crippen LogP contribution in [0, 0.1) is 3.57 Å². The van der Waals surface area contributed by atoms with Crippen molar-refractivity contribution in [2.75, 3.05) is 11.9 Å². The third kappa shape index (κ3) is 2.59. The fourth-order valence-corrected chi connectivity index (χ4v) is 2.23. The second-order valence-electron chi connectivity index (χ2n) is 3.12. The van der Waals surface area contributed by atoms with Crippen molar-refractivity contribution < 1.29 is 4.79 Å². The van der Waals surface area contributed by atoms with Crippen molar-refractivity contribution in [2.45, 2.75) is 6.54 Å². The fourth-order valence-electron chi connectivity index (χ4n) is 1.16. The summed E-state index contributed by atoms with van der Waals surface area (Å²) in [5.74, 6) is -0.0329. The molecule has 2 rings (SSSR count). The smallest absolute Gasteiger partial charge is 0.250 e. The van der Waals surface area contributed by atoms with Crippen LogP contribution in [-0.2, 0) is 11.3 Å². The van der Waals surface area contributed by atoms with Gasteiger partial charge in [0.25, 0.3) is 0 Å². The van der Waals surface area contributed by atoms with Crippen LogP contribution in [0.2, 0.25) is 0 Å². The minimum absolute atomic E-state index is 0.0329. The van der Waals surface area contributed by atoms with E-state index in [2.05, 4.69) is 32.7 Å². The average molecular weight is 348 g/mol. The van der Waals surface area contributed by atoms with Crippen LogP contribution in [0.25, 0.3) is 0 Å². The van der Waals surface area contributed by atoms with Crippen LogP contribution < -0.4 is 4.90 Å². The molecule has 2 heterocycles. The molecule has 0 saturated carbocycles. The zero-order valence-corrected chi connectivity index (χ0v) is 11.5. The molecule has 5 nitrogen and oxygen atoms in total. The predicted octanol–water partition coefficient (Wildman–Crippen LogP) is 1.61. The van der Waals surface area contributed by atoms with Crippen molar-refractivity contribution in [1.82, 2.24) is 14.8 Å². The zero-order chi connectivity index (χ0) is 11.5. The van der Waals surface area contributed by atoms with E-state index < -0.39 is 0 Å². The lowest BCUT2D eigenvalue weighted by Crippen LogP contribution is -2.30. The van der Waals surface area contributed by atoms with E-state index in [0.29, 0.717) is 5.13 Å². The summed E-state index contributed by atoms with van der Waals surface area (Å²) in [5.41, 5.74) is 0. The van der Waals surface area contributed by atoms with Crippen LogP contribution in [0.3, 0.4) is 0 Å². The van der Waals surface area contributed by atoms with Crippen molar-refractivity contribution in [3.8, 4) is 0 Å². The number of carbonyl (C=O) groups is 1. The number of aromatic nitrogens is 3. The summed E-state index contributed by atoms with van der Waals surface area (Å²) in [6.07, 6.45) is 5.23. The second-order valence-corrected chi connectivity index (χ2v) is 5.24. The molecular formula is C9H9IN4OS. The molecule has 0 aliphatic carbocycles. The molecule has 0 N–H and O–H groups in total. The lowest BCUT2D eigenvalue weighted by atomic mass is 10.5. The van der Waals surface area contributed by atoms with Gasteiger partial charge in [-0.2, -0.15) is 5.10 Å². The van der Waals surface area contributed by atoms with Crippen LogP contribution in [0.5, 0.6) is 0 Å². The van der Waals surface area contributed by atoms with Crippen molar-refractivity contribution in [3.05, 3.63) is 27.5 Å². The van der Waals surface area contributed by atoms with E-state index in [1.165, 1.54) is 11.3 Å². The largest absolute Gasteiger partial charge is 0.290 e. The van der Waals surface area contributed by atoms with Gasteiger partial charge in [-0.1, -0.05) is 0 Å². The van der Waals surface area contributed by atoms with Crippen LogP contribution >= 0.6 is 33.9 Å². The molecule has 2 aromatic heterocycles. The van der Waals surface area contributed by atoms with Gasteiger partial charge in [0.1, 0.15) is 6.54 Å². The van der Waals surface area contributed by atoms with Crippen molar-refractivity contribution in [2.24, 2.45) is 0 Å². The SMILES string of the molecule is CN(C(=O)Cn1cc(I)cn1)c1nccs1. The third-order valence-corrected chi connectivity index (χ3v) is 3.38. The molecule has 0 saturated heterocycles. The van der Waals surface area contributed by atoms with Gasteiger partial charge in [-0.3, -0.25) is 14.4 Å². The van der Waals surface area contributed by atoms with Gasteiger partial charge in [-0.15, -0.1) is 11.3 Å². The van der Waals surface area contributed by atoms with Gasteiger partial charge in [0.15, 0.2) is 5.13 Å². The van der Waals surface area contributed by atoms with Crippen molar-refractivity contribution >= 4 is 45.0 Å². The summed E-state index contributed by atoms with van der Waals surface area (Å²) in [6, 6.07) is 0. The Kier molecular flexibility index (Phi) is 3.54. The highest BCUT2D eigenvalue weighted by Crippen LogP contribution is 2.15. The topological polar surface area (TPSA) is 51.0 Å². The monoisotopic (exact) mass is 348 g/mol. The summed E-state index contributed by atoms with van der Waals surface area (Å²) in [4.78, 5) is 17.5. The molecule has 16 heavy (non-hydrogen) atoms. The number of amides is 1. The summed E-state index contributed by atoms with van der Waals surface area (Å²) in [7, 11) is 1.72. The molecule has 0 aliphatic heterocycles. The fraction of sp³-hybridized carbons (Fsp3) is 0.222. The van der Waals surface area contributed by atoms with Crippen LogP contribution in [0.1, 0.15) is 0 Å². The quantitative estimate of drug-likeness (QED) is 0.792. The maximum Gasteiger partial charge on any atom is 0.250 e. The molecule has 7 heteroatoms. The van der Waals surface area contributed by atoms with Crippen molar-refractivity contribution in [3.63, 3.8) is 0 Å². The molecular weight excluding hydrogens is 339 g/mol. The van der Waals surface area contributed by atoms with Crippen LogP contribution in [0.4, 0.5) is 5.13 Å². The molecule has 1 amide bonds. The number of nitrogens with zero attached hydrogens (tertiary/aromatic N) is 4. The number of thiazole rings is 1. The molecule has 2 aromatic rings. The molecule has 0 aromatic carbocycles. The first-order chi connectivity index (χ1) is 7.66. The Morgan fingerprint density at radius 2 is 2.50 bits per heavy atom. The molecule has 84 valence electrons. The normalized spacial score (nSPS) is 10.4. The van der Waals surface area contributed by atoms with Crippen LogP contribution in [-0.4, -0.2) is 27.7 Å². The Balaban J connectivity index is 2.03. The number of carbonyl (C=O) groups excluding carboxylic acids is 1. The Morgan fingerprint density at radius 1 is 1.69 bits per heavy atom. The first kappa shape index (κ1) is 11.5. The minimum Gasteiger partial charge on any atom is -0.290 e. The molecule has 0 spiro atoms. The lowest BCUT2D eigenvalue weighted by molar-refractivity contribution is -0.119. The standard InChI is InChI=1S/C9H9IN4OS/c1-13(9-11-2-3-16-9)8(15)6-14-5-7(10)4-12-14/h2-5H,6H2,1H3. The van der Waals surface area contributed by atoms with Gasteiger partial charge < -0.3 is 0 Å². The van der Waals surface area contributed by atoms with E-state index in [0.717, 1.165) is 3.57 Å². The van der Waals surface area contributed by atoms with E-state index in [9.17, 15) is 4.79 Å². The third-order valence-electron chi connectivity index (χ3n) is 1.98. The van der Waals surface area contributed by atoms with E-state index >= 15 is 0 Å². The summed E-state index contributed by atoms with van der Waals surface area (Å²) in [6.45, 7) is 0.235. The first-order valence-electron chi connectivity index (χ1n) is 4.51. The van der Waals surface area contributed by atoms with Gasteiger partial charge in [-0.25, -0.2) is 4.98 Å². The van der Waals surface area contributed by atoms with E-state index in [1.807, 2.05) is 11.6 Å². The minimum atomic E-state index is -0.0329. The number of hydrogen-bond donors (Lipinski definition) is 0. The zero-order valence-electron chi connectivity index (χ0n) is 8.50. The van der Waals surface area contributed by atoms with Gasteiger partial charge in [-0.05, 0) is 22.6 Å². The first-order valence-corrected chi connectivity index (χ1v) is 6.46. The predicted molar refractivity (Wildman–Crippen MR) is 70.5 cm³/mol. The highest BCUT2D eigenvalue weighted by Gasteiger charge is 2.13. The van der Waals surface area contributed by atoms with Gasteiger partial charge in [0, 0.05) is 24.8 Å². The molecule has 0 aliphatic rings. The van der Waals surface area contributed by atoms with Crippen LogP contribution in [0.15, 0.2) is 24.0 Å². The highest BCUT2D eigenvalue weighted by atomic mass is 127. The van der Waals surface area contributed by atoms with Gasteiger partial charge >= 0.3 is 0 Å². The average Bonchev–Trinajstić information content (AvgIpc) is 2.88. The number of rotatable bonds is 3. The number of anilines is 1. The van der Waals surface area contributed by atoms with E-state index in [4.69, 9.17) is 0 Å². The molecule has 0 bridgehead atoms. The Morgan fingerprint density at radius 3 is 3.06 bits per heavy atom.